The summed E-state index contributed by atoms with van der Waals surface area (Å²) in [5.41, 5.74) is 4.56. The molecule has 0 saturated carbocycles. The Balaban J connectivity index is -0.000000729. The van der Waals surface area contributed by atoms with Crippen LogP contribution in [0, 0.1) is 0 Å². The predicted octanol–water partition coefficient (Wildman–Crippen LogP) is 1.61. The number of benzene rings is 1. The summed E-state index contributed by atoms with van der Waals surface area (Å²) in [6.07, 6.45) is 6.21. The van der Waals surface area contributed by atoms with Gasteiger partial charge in [0.25, 0.3) is 5.91 Å². The molecule has 31 heavy (non-hydrogen) atoms. The summed E-state index contributed by atoms with van der Waals surface area (Å²) in [7, 11) is 0. The minimum atomic E-state index is -0.543. The maximum atomic E-state index is 11.2. The molecule has 8 N–H and O–H groups in total. The van der Waals surface area contributed by atoms with Crippen molar-refractivity contribution in [1.82, 2.24) is 19.9 Å². The molecule has 0 aliphatic rings. The lowest BCUT2D eigenvalue weighted by atomic mass is 10.2. The van der Waals surface area contributed by atoms with Gasteiger partial charge in [-0.25, -0.2) is 10.5 Å². The van der Waals surface area contributed by atoms with Gasteiger partial charge >= 0.3 is 0 Å². The van der Waals surface area contributed by atoms with Crippen molar-refractivity contribution in [2.45, 2.75) is 46.6 Å². The van der Waals surface area contributed by atoms with Crippen molar-refractivity contribution in [1.29, 1.82) is 0 Å². The number of likely N-dealkylation sites (N-methyl/N-ethyl adjacent to an activating group) is 1. The first-order chi connectivity index (χ1) is 12.6. The normalized spacial score (nSPS) is 9.84. The molecule has 11 heteroatoms. The summed E-state index contributed by atoms with van der Waals surface area (Å²) in [5.74, 6) is 0.585. The molecular weight excluding hydrogens is 447 g/mol. The molecule has 0 unspecified atom stereocenters. The lowest BCUT2D eigenvalue weighted by Crippen LogP contribution is -2.27. The summed E-state index contributed by atoms with van der Waals surface area (Å²) in [4.78, 5) is 18.4. The Morgan fingerprint density at radius 1 is 1.16 bits per heavy atom. The van der Waals surface area contributed by atoms with Crippen LogP contribution in [0.1, 0.15) is 45.0 Å². The van der Waals surface area contributed by atoms with E-state index in [9.17, 15) is 4.79 Å². The molecule has 0 aliphatic heterocycles. The molecule has 0 aliphatic carbocycles. The van der Waals surface area contributed by atoms with Gasteiger partial charge in [0.15, 0.2) is 0 Å². The Kier molecular flexibility index (Phi) is 22.5. The molecule has 1 aromatic heterocycles. The smallest absolute Gasteiger partial charge is 0.267 e. The lowest BCUT2D eigenvalue weighted by Gasteiger charge is -2.19. The van der Waals surface area contributed by atoms with Gasteiger partial charge < -0.3 is 25.9 Å². The van der Waals surface area contributed by atoms with Crippen molar-refractivity contribution in [2.75, 3.05) is 19.6 Å². The van der Waals surface area contributed by atoms with Gasteiger partial charge in [-0.1, -0.05) is 33.3 Å². The van der Waals surface area contributed by atoms with Gasteiger partial charge in [0, 0.05) is 25.6 Å². The molecule has 2 rings (SSSR count). The fraction of sp³-hybridized carbons (Fsp3) is 0.500. The number of aryl methyl sites for hydroxylation is 1. The van der Waals surface area contributed by atoms with E-state index in [2.05, 4.69) is 36.3 Å². The molecule has 0 atom stereocenters. The van der Waals surface area contributed by atoms with E-state index in [0.717, 1.165) is 67.9 Å². The highest BCUT2D eigenvalue weighted by Crippen LogP contribution is 2.20. The molecule has 0 saturated heterocycles. The number of hydroxylamine groups is 1. The molecule has 0 spiro atoms. The van der Waals surface area contributed by atoms with E-state index < -0.39 is 5.91 Å². The molecule has 1 heterocycles. The van der Waals surface area contributed by atoms with Crippen molar-refractivity contribution in [2.24, 2.45) is 0 Å². The summed E-state index contributed by atoms with van der Waals surface area (Å²) in [6, 6.07) is 6.03. The van der Waals surface area contributed by atoms with Crippen LogP contribution in [0.15, 0.2) is 24.3 Å². The molecule has 9 nitrogen and oxygen atoms in total. The third-order valence-electron chi connectivity index (χ3n) is 4.68. The van der Waals surface area contributed by atoms with Crippen LogP contribution in [0.3, 0.4) is 0 Å². The number of halogens is 2. The van der Waals surface area contributed by atoms with E-state index in [1.807, 2.05) is 12.1 Å². The van der Waals surface area contributed by atoms with Crippen LogP contribution in [0.4, 0.5) is 0 Å². The molecular formula is C20H38Cl2N4O5. The summed E-state index contributed by atoms with van der Waals surface area (Å²) >= 11 is 0. The number of rotatable bonds is 10. The van der Waals surface area contributed by atoms with Crippen LogP contribution in [-0.2, 0) is 17.8 Å². The fourth-order valence-electron chi connectivity index (χ4n) is 3.07. The van der Waals surface area contributed by atoms with Crippen LogP contribution < -0.4 is 5.48 Å². The zero-order valence-electron chi connectivity index (χ0n) is 18.4. The zero-order chi connectivity index (χ0) is 18.9. The van der Waals surface area contributed by atoms with E-state index in [0.29, 0.717) is 0 Å². The Morgan fingerprint density at radius 2 is 1.81 bits per heavy atom. The maximum Gasteiger partial charge on any atom is 0.267 e. The summed E-state index contributed by atoms with van der Waals surface area (Å²) in [5, 5.41) is 8.58. The first-order valence-corrected chi connectivity index (χ1v) is 9.46. The standard InChI is InChI=1S/C20H30N4O2.2ClH.3H2O/c1-4-7-8-19-21-17-15-16(10-12-20(25)22-26)9-11-18(17)24(19)14-13-23(5-2)6-3;;;;;/h9-12,15,26H,4-8,13-14H2,1-3H3,(H,22,25);2*1H;3*1H2/b12-10+;;;;;. The van der Waals surface area contributed by atoms with Crippen LogP contribution in [0.2, 0.25) is 0 Å². The fourth-order valence-corrected chi connectivity index (χ4v) is 3.07. The number of nitrogens with zero attached hydrogens (tertiary/aromatic N) is 3. The second-order valence-electron chi connectivity index (χ2n) is 6.37. The highest BCUT2D eigenvalue weighted by Gasteiger charge is 2.12. The number of fused-ring (bicyclic) bond motifs is 1. The van der Waals surface area contributed by atoms with Gasteiger partial charge in [-0.05, 0) is 43.3 Å². The number of aromatic nitrogens is 2. The molecule has 2 aromatic rings. The van der Waals surface area contributed by atoms with Gasteiger partial charge in [0.1, 0.15) is 5.82 Å². The Bertz CT molecular complexity index is 767. The maximum absolute atomic E-state index is 11.2. The Hall–Kier alpha value is -1.72. The quantitative estimate of drug-likeness (QED) is 0.297. The van der Waals surface area contributed by atoms with Crippen molar-refractivity contribution in [3.8, 4) is 0 Å². The second kappa shape index (κ2) is 19.0. The van der Waals surface area contributed by atoms with E-state index in [4.69, 9.17) is 10.2 Å². The van der Waals surface area contributed by atoms with Gasteiger partial charge in [0.2, 0.25) is 0 Å². The minimum absolute atomic E-state index is 0. The van der Waals surface area contributed by atoms with E-state index >= 15 is 0 Å². The third-order valence-corrected chi connectivity index (χ3v) is 4.68. The average Bonchev–Trinajstić information content (AvgIpc) is 3.01. The van der Waals surface area contributed by atoms with Gasteiger partial charge in [-0.3, -0.25) is 10.0 Å². The topological polar surface area (TPSA) is 165 Å². The highest BCUT2D eigenvalue weighted by molar-refractivity contribution is 5.91. The average molecular weight is 485 g/mol. The summed E-state index contributed by atoms with van der Waals surface area (Å²) in [6.45, 7) is 10.6. The summed E-state index contributed by atoms with van der Waals surface area (Å²) < 4.78 is 2.33. The van der Waals surface area contributed by atoms with E-state index in [1.165, 1.54) is 6.08 Å². The van der Waals surface area contributed by atoms with Gasteiger partial charge in [-0.2, -0.15) is 0 Å². The first-order valence-electron chi connectivity index (χ1n) is 9.46. The highest BCUT2D eigenvalue weighted by atomic mass is 35.5. The van der Waals surface area contributed by atoms with Crippen molar-refractivity contribution < 1.29 is 26.4 Å². The van der Waals surface area contributed by atoms with Gasteiger partial charge in [0.05, 0.1) is 11.0 Å². The molecule has 182 valence electrons. The molecule has 0 bridgehead atoms. The lowest BCUT2D eigenvalue weighted by molar-refractivity contribution is -0.124. The number of carbonyl (C=O) groups excluding carboxylic acids is 1. The number of imidazole rings is 1. The Morgan fingerprint density at radius 3 is 2.35 bits per heavy atom. The monoisotopic (exact) mass is 484 g/mol. The number of nitrogens with one attached hydrogen (secondary N) is 1. The number of amides is 1. The number of carbonyl (C=O) groups is 1. The minimum Gasteiger partial charge on any atom is -0.412 e. The van der Waals surface area contributed by atoms with Crippen molar-refractivity contribution in [3.05, 3.63) is 35.7 Å². The Labute approximate surface area is 196 Å². The van der Waals surface area contributed by atoms with Crippen LogP contribution in [0.25, 0.3) is 17.1 Å². The van der Waals surface area contributed by atoms with Crippen LogP contribution in [0.5, 0.6) is 0 Å². The van der Waals surface area contributed by atoms with E-state index in [1.54, 1.807) is 11.6 Å². The zero-order valence-corrected chi connectivity index (χ0v) is 20.0. The van der Waals surface area contributed by atoms with Crippen LogP contribution in [-0.4, -0.2) is 61.6 Å². The van der Waals surface area contributed by atoms with Crippen molar-refractivity contribution >= 4 is 47.8 Å². The molecule has 1 aromatic carbocycles. The SMILES string of the molecule is CCCCc1nc2cc(/C=C/C(=O)NO)ccc2n1CCN(CC)CC.Cl.Cl.O.O.O. The van der Waals surface area contributed by atoms with Gasteiger partial charge in [-0.15, -0.1) is 24.8 Å². The number of unbranched alkanes of at least 4 members (excludes halogenated alkanes) is 1. The predicted molar refractivity (Wildman–Crippen MR) is 130 cm³/mol. The molecule has 1 amide bonds. The van der Waals surface area contributed by atoms with E-state index in [-0.39, 0.29) is 41.2 Å². The third kappa shape index (κ3) is 10.4. The molecule has 0 fully saturated rings. The van der Waals surface area contributed by atoms with Crippen LogP contribution >= 0.6 is 24.8 Å². The first kappa shape index (κ1) is 36.6. The second-order valence-corrected chi connectivity index (χ2v) is 6.37. The largest absolute Gasteiger partial charge is 0.412 e. The van der Waals surface area contributed by atoms with Crippen molar-refractivity contribution in [3.63, 3.8) is 0 Å². The molecule has 0 radical (unpaired) electrons. The number of hydrogen-bond acceptors (Lipinski definition) is 4. The number of hydrogen-bond donors (Lipinski definition) is 2.